The highest BCUT2D eigenvalue weighted by Crippen LogP contribution is 2.34. The highest BCUT2D eigenvalue weighted by molar-refractivity contribution is 7.92. The molecule has 20 heavy (non-hydrogen) atoms. The average Bonchev–Trinajstić information content (AvgIpc) is 2.41. The molecule has 0 saturated heterocycles. The number of benzene rings is 1. The topological polar surface area (TPSA) is 88.5 Å². The Morgan fingerprint density at radius 1 is 1.30 bits per heavy atom. The molecule has 2 rings (SSSR count). The van der Waals surface area contributed by atoms with Crippen LogP contribution in [0.5, 0.6) is 11.5 Å². The molecule has 1 aromatic heterocycles. The molecular formula is C12H11FN2O4S. The molecule has 0 aliphatic carbocycles. The third-order valence-corrected chi connectivity index (χ3v) is 3.72. The lowest BCUT2D eigenvalue weighted by molar-refractivity contribution is 0.411. The number of pyridine rings is 1. The predicted molar refractivity (Wildman–Crippen MR) is 69.7 cm³/mol. The molecule has 0 saturated carbocycles. The van der Waals surface area contributed by atoms with Crippen molar-refractivity contribution in [1.82, 2.24) is 4.98 Å². The van der Waals surface area contributed by atoms with Gasteiger partial charge in [0.15, 0.2) is 5.82 Å². The maximum Gasteiger partial charge on any atom is 0.282 e. The number of aromatic hydroxyl groups is 1. The number of hydrogen-bond donors (Lipinski definition) is 2. The summed E-state index contributed by atoms with van der Waals surface area (Å²) < 4.78 is 44.6. The summed E-state index contributed by atoms with van der Waals surface area (Å²) in [6, 6.07) is 6.45. The number of halogens is 1. The molecule has 0 amide bonds. The maximum atomic E-state index is 13.5. The number of nitrogens with one attached hydrogen (secondary N) is 1. The Balaban J connectivity index is 2.47. The second-order valence-corrected chi connectivity index (χ2v) is 5.35. The largest absolute Gasteiger partial charge is 0.506 e. The number of para-hydroxylation sites is 1. The highest BCUT2D eigenvalue weighted by atomic mass is 32.2. The van der Waals surface area contributed by atoms with Gasteiger partial charge in [0.25, 0.3) is 10.0 Å². The van der Waals surface area contributed by atoms with Crippen LogP contribution in [0.2, 0.25) is 0 Å². The second-order valence-electron chi connectivity index (χ2n) is 3.75. The Morgan fingerprint density at radius 2 is 2.05 bits per heavy atom. The highest BCUT2D eigenvalue weighted by Gasteiger charge is 2.23. The summed E-state index contributed by atoms with van der Waals surface area (Å²) >= 11 is 0. The van der Waals surface area contributed by atoms with Crippen LogP contribution in [0, 0.1) is 5.82 Å². The van der Waals surface area contributed by atoms with E-state index in [1.54, 1.807) is 0 Å². The minimum absolute atomic E-state index is 0.102. The van der Waals surface area contributed by atoms with Gasteiger partial charge in [-0.3, -0.25) is 4.72 Å². The van der Waals surface area contributed by atoms with Gasteiger partial charge in [-0.15, -0.1) is 0 Å². The van der Waals surface area contributed by atoms with Crippen LogP contribution in [0.1, 0.15) is 0 Å². The molecule has 2 N–H and O–H groups in total. The van der Waals surface area contributed by atoms with Gasteiger partial charge in [-0.25, -0.2) is 9.37 Å². The number of rotatable bonds is 4. The van der Waals surface area contributed by atoms with Gasteiger partial charge in [0.2, 0.25) is 5.03 Å². The molecule has 0 spiro atoms. The van der Waals surface area contributed by atoms with Crippen molar-refractivity contribution in [3.8, 4) is 11.5 Å². The fraction of sp³-hybridized carbons (Fsp3) is 0.0833. The lowest BCUT2D eigenvalue weighted by Gasteiger charge is -2.12. The van der Waals surface area contributed by atoms with E-state index in [1.165, 1.54) is 31.4 Å². The van der Waals surface area contributed by atoms with E-state index in [9.17, 15) is 17.9 Å². The summed E-state index contributed by atoms with van der Waals surface area (Å²) in [4.78, 5) is 3.48. The van der Waals surface area contributed by atoms with Crippen LogP contribution >= 0.6 is 0 Å². The molecule has 0 aliphatic heterocycles. The van der Waals surface area contributed by atoms with E-state index in [2.05, 4.69) is 9.71 Å². The van der Waals surface area contributed by atoms with Gasteiger partial charge in [0, 0.05) is 6.20 Å². The summed E-state index contributed by atoms with van der Waals surface area (Å²) in [5.41, 5.74) is -0.181. The van der Waals surface area contributed by atoms with Gasteiger partial charge < -0.3 is 9.84 Å². The number of phenols is 1. The average molecular weight is 298 g/mol. The number of ether oxygens (including phenoxy) is 1. The van der Waals surface area contributed by atoms with Gasteiger partial charge in [0.1, 0.15) is 17.2 Å². The molecule has 8 heteroatoms. The van der Waals surface area contributed by atoms with Crippen molar-refractivity contribution in [1.29, 1.82) is 0 Å². The first-order valence-electron chi connectivity index (χ1n) is 5.45. The predicted octanol–water partition coefficient (Wildman–Crippen LogP) is 1.74. The van der Waals surface area contributed by atoms with Gasteiger partial charge in [-0.1, -0.05) is 6.07 Å². The van der Waals surface area contributed by atoms with Crippen molar-refractivity contribution in [3.63, 3.8) is 0 Å². The molecule has 1 aromatic carbocycles. The molecule has 0 bridgehead atoms. The van der Waals surface area contributed by atoms with Crippen molar-refractivity contribution in [2.45, 2.75) is 5.03 Å². The molecule has 0 atom stereocenters. The first-order valence-corrected chi connectivity index (χ1v) is 6.93. The van der Waals surface area contributed by atoms with E-state index in [4.69, 9.17) is 4.74 Å². The van der Waals surface area contributed by atoms with Crippen LogP contribution in [-0.4, -0.2) is 25.6 Å². The number of methoxy groups -OCH3 is 1. The number of phenolic OH excluding ortho intramolecular Hbond substituents is 1. The Labute approximate surface area is 114 Å². The van der Waals surface area contributed by atoms with Crippen molar-refractivity contribution < 1.29 is 22.7 Å². The molecule has 0 aliphatic rings. The van der Waals surface area contributed by atoms with Gasteiger partial charge in [-0.05, 0) is 24.3 Å². The number of hydrogen-bond acceptors (Lipinski definition) is 5. The van der Waals surface area contributed by atoms with Crippen LogP contribution in [0.25, 0.3) is 0 Å². The minimum atomic E-state index is -4.28. The quantitative estimate of drug-likeness (QED) is 0.839. The maximum absolute atomic E-state index is 13.5. The van der Waals surface area contributed by atoms with Crippen molar-refractivity contribution in [2.24, 2.45) is 0 Å². The third kappa shape index (κ3) is 2.64. The Bertz CT molecular complexity index is 734. The molecule has 0 fully saturated rings. The molecule has 0 radical (unpaired) electrons. The summed E-state index contributed by atoms with van der Waals surface area (Å²) in [5.74, 6) is -1.23. The Kier molecular flexibility index (Phi) is 3.75. The Hall–Kier alpha value is -2.35. The molecule has 0 unspecified atom stereocenters. The lowest BCUT2D eigenvalue weighted by Crippen LogP contribution is -2.16. The first kappa shape index (κ1) is 14.1. The monoisotopic (exact) mass is 298 g/mol. The fourth-order valence-electron chi connectivity index (χ4n) is 1.54. The SMILES string of the molecule is COc1cccc(O)c1NS(=O)(=O)c1ncccc1F. The lowest BCUT2D eigenvalue weighted by atomic mass is 10.3. The van der Waals surface area contributed by atoms with Crippen molar-refractivity contribution in [2.75, 3.05) is 11.8 Å². The summed E-state index contributed by atoms with van der Waals surface area (Å²) in [6.07, 6.45) is 1.15. The van der Waals surface area contributed by atoms with Crippen LogP contribution in [-0.2, 0) is 10.0 Å². The standard InChI is InChI=1S/C12H11FN2O4S/c1-19-10-6-2-5-9(16)11(10)15-20(17,18)12-8(13)4-3-7-14-12/h2-7,15-16H,1H3. The zero-order valence-corrected chi connectivity index (χ0v) is 11.2. The van der Waals surface area contributed by atoms with E-state index in [-0.39, 0.29) is 17.2 Å². The number of anilines is 1. The van der Waals surface area contributed by atoms with E-state index < -0.39 is 20.9 Å². The number of aromatic nitrogens is 1. The van der Waals surface area contributed by atoms with E-state index >= 15 is 0 Å². The Morgan fingerprint density at radius 3 is 2.70 bits per heavy atom. The molecule has 6 nitrogen and oxygen atoms in total. The molecule has 106 valence electrons. The normalized spacial score (nSPS) is 11.1. The van der Waals surface area contributed by atoms with Crippen molar-refractivity contribution >= 4 is 15.7 Å². The van der Waals surface area contributed by atoms with Crippen LogP contribution in [0.3, 0.4) is 0 Å². The zero-order valence-electron chi connectivity index (χ0n) is 10.4. The van der Waals surface area contributed by atoms with E-state index in [0.29, 0.717) is 0 Å². The second kappa shape index (κ2) is 5.33. The third-order valence-electron chi connectivity index (χ3n) is 2.44. The van der Waals surface area contributed by atoms with E-state index in [1.807, 2.05) is 0 Å². The molecule has 1 heterocycles. The van der Waals surface area contributed by atoms with Crippen molar-refractivity contribution in [3.05, 3.63) is 42.3 Å². The summed E-state index contributed by atoms with van der Waals surface area (Å²) in [6.45, 7) is 0. The first-order chi connectivity index (χ1) is 9.45. The summed E-state index contributed by atoms with van der Waals surface area (Å²) in [7, 11) is -2.96. The smallest absolute Gasteiger partial charge is 0.282 e. The number of sulfonamides is 1. The minimum Gasteiger partial charge on any atom is -0.506 e. The van der Waals surface area contributed by atoms with Crippen LogP contribution < -0.4 is 9.46 Å². The summed E-state index contributed by atoms with van der Waals surface area (Å²) in [5, 5.41) is 8.92. The molecular weight excluding hydrogens is 287 g/mol. The van der Waals surface area contributed by atoms with Gasteiger partial charge >= 0.3 is 0 Å². The van der Waals surface area contributed by atoms with Gasteiger partial charge in [-0.2, -0.15) is 8.42 Å². The fourth-order valence-corrected chi connectivity index (χ4v) is 2.64. The zero-order chi connectivity index (χ0) is 14.8. The molecule has 2 aromatic rings. The number of nitrogens with zero attached hydrogens (tertiary/aromatic N) is 1. The van der Waals surface area contributed by atoms with Gasteiger partial charge in [0.05, 0.1) is 7.11 Å². The van der Waals surface area contributed by atoms with Crippen LogP contribution in [0.15, 0.2) is 41.6 Å². The van der Waals surface area contributed by atoms with Crippen LogP contribution in [0.4, 0.5) is 10.1 Å². The van der Waals surface area contributed by atoms with E-state index in [0.717, 1.165) is 12.3 Å².